The summed E-state index contributed by atoms with van der Waals surface area (Å²) >= 11 is 0. The minimum Gasteiger partial charge on any atom is -0.507 e. The lowest BCUT2D eigenvalue weighted by Gasteiger charge is -2.45. The van der Waals surface area contributed by atoms with Crippen molar-refractivity contribution in [1.29, 1.82) is 0 Å². The molecule has 4 aromatic rings. The summed E-state index contributed by atoms with van der Waals surface area (Å²) in [4.78, 5) is 0. The van der Waals surface area contributed by atoms with E-state index in [0.717, 1.165) is 122 Å². The largest absolute Gasteiger partial charge is 0.507 e. The zero-order chi connectivity index (χ0) is 44.6. The number of aromatic hydroxyl groups is 4. The number of benzene rings is 4. The molecule has 4 N–H and O–H groups in total. The molecule has 0 bridgehead atoms. The first-order valence-corrected chi connectivity index (χ1v) is 24.3. The van der Waals surface area contributed by atoms with Crippen molar-refractivity contribution in [3.05, 3.63) is 115 Å². The van der Waals surface area contributed by atoms with Crippen molar-refractivity contribution < 1.29 is 20.4 Å². The van der Waals surface area contributed by atoms with Crippen molar-refractivity contribution in [1.82, 2.24) is 0 Å². The highest BCUT2D eigenvalue weighted by atomic mass is 16.3. The first-order chi connectivity index (χ1) is 28.9. The number of hydrogen-bond donors (Lipinski definition) is 4. The van der Waals surface area contributed by atoms with E-state index in [1.54, 1.807) is 0 Å². The van der Waals surface area contributed by atoms with Gasteiger partial charge in [-0.1, -0.05) is 104 Å². The van der Waals surface area contributed by atoms with Crippen LogP contribution in [0.2, 0.25) is 0 Å². The molecule has 6 rings (SSSR count). The van der Waals surface area contributed by atoms with Gasteiger partial charge in [0.2, 0.25) is 0 Å². The molecular weight excluding hydrogens is 749 g/mol. The van der Waals surface area contributed by atoms with Crippen LogP contribution in [0.25, 0.3) is 0 Å². The molecule has 4 aromatic carbocycles. The van der Waals surface area contributed by atoms with Crippen LogP contribution >= 0.6 is 0 Å². The number of aryl methyl sites for hydroxylation is 4. The lowest BCUT2D eigenvalue weighted by Crippen LogP contribution is -2.36. The van der Waals surface area contributed by atoms with Gasteiger partial charge in [-0.25, -0.2) is 0 Å². The van der Waals surface area contributed by atoms with E-state index in [0.29, 0.717) is 34.8 Å². The lowest BCUT2D eigenvalue weighted by molar-refractivity contribution is 0.185. The minimum atomic E-state index is -0.187. The van der Waals surface area contributed by atoms with Crippen molar-refractivity contribution in [3.63, 3.8) is 0 Å². The van der Waals surface area contributed by atoms with Crippen molar-refractivity contribution in [2.45, 2.75) is 201 Å². The number of phenols is 4. The smallest absolute Gasteiger partial charge is 0.121 e. The molecule has 332 valence electrons. The fourth-order valence-electron chi connectivity index (χ4n) is 11.5. The highest BCUT2D eigenvalue weighted by molar-refractivity contribution is 5.56. The van der Waals surface area contributed by atoms with E-state index in [1.165, 1.54) is 28.7 Å². The lowest BCUT2D eigenvalue weighted by atomic mass is 9.59. The summed E-state index contributed by atoms with van der Waals surface area (Å²) in [6.07, 6.45) is 14.0. The molecule has 0 heterocycles. The molecule has 0 radical (unpaired) electrons. The standard InChI is InChI=1S/C57H80O4/c1-13-34(5)48-30-44(25-38(9)52(48)58)56(45-26-39(10)53(59)49(31-45)35(6)14-2)21-17-42(18-22-56)29-43-19-23-57(24-20-43,46-27-40(11)54(60)50(32-46)36(7)15-3)47-28-41(12)55(61)51(33-47)37(8)16-4/h25-28,30-37,42-43,58-61H,13-24,29H2,1-12H3. The summed E-state index contributed by atoms with van der Waals surface area (Å²) in [6.45, 7) is 26.0. The topological polar surface area (TPSA) is 80.9 Å². The Hall–Kier alpha value is -3.92. The molecular formula is C57H80O4. The quantitative estimate of drug-likeness (QED) is 0.102. The minimum absolute atomic E-state index is 0.187. The zero-order valence-corrected chi connectivity index (χ0v) is 40.1. The Bertz CT molecular complexity index is 1870. The van der Waals surface area contributed by atoms with Crippen LogP contribution < -0.4 is 0 Å². The number of hydrogen-bond acceptors (Lipinski definition) is 4. The van der Waals surface area contributed by atoms with Gasteiger partial charge in [0.15, 0.2) is 0 Å². The van der Waals surface area contributed by atoms with E-state index in [-0.39, 0.29) is 34.5 Å². The van der Waals surface area contributed by atoms with Gasteiger partial charge in [-0.3, -0.25) is 0 Å². The fourth-order valence-corrected chi connectivity index (χ4v) is 11.5. The number of phenolic OH excluding ortho intramolecular Hbond substituents is 4. The average molecular weight is 829 g/mol. The second-order valence-electron chi connectivity index (χ2n) is 20.4. The first kappa shape index (κ1) is 46.6. The van der Waals surface area contributed by atoms with Gasteiger partial charge in [-0.15, -0.1) is 0 Å². The van der Waals surface area contributed by atoms with E-state index in [1.807, 2.05) is 0 Å². The molecule has 61 heavy (non-hydrogen) atoms. The number of rotatable bonds is 14. The molecule has 0 saturated heterocycles. The maximum atomic E-state index is 11.3. The second kappa shape index (κ2) is 18.8. The van der Waals surface area contributed by atoms with Crippen LogP contribution in [0.3, 0.4) is 0 Å². The Morgan fingerprint density at radius 3 is 0.820 bits per heavy atom. The van der Waals surface area contributed by atoms with Gasteiger partial charge in [0.05, 0.1) is 0 Å². The maximum Gasteiger partial charge on any atom is 0.121 e. The van der Waals surface area contributed by atoms with Crippen LogP contribution in [0.15, 0.2) is 48.5 Å². The molecule has 2 fully saturated rings. The molecule has 4 unspecified atom stereocenters. The predicted octanol–water partition coefficient (Wildman–Crippen LogP) is 15.8. The van der Waals surface area contributed by atoms with E-state index in [9.17, 15) is 20.4 Å². The van der Waals surface area contributed by atoms with Gasteiger partial charge in [-0.2, -0.15) is 0 Å². The molecule has 0 aliphatic heterocycles. The van der Waals surface area contributed by atoms with E-state index in [2.05, 4.69) is 132 Å². The Labute approximate surface area is 370 Å². The summed E-state index contributed by atoms with van der Waals surface area (Å²) < 4.78 is 0. The van der Waals surface area contributed by atoms with E-state index in [4.69, 9.17) is 0 Å². The molecule has 4 heteroatoms. The van der Waals surface area contributed by atoms with Crippen LogP contribution in [-0.2, 0) is 10.8 Å². The molecule has 4 atom stereocenters. The van der Waals surface area contributed by atoms with Gasteiger partial charge < -0.3 is 20.4 Å². The summed E-state index contributed by atoms with van der Waals surface area (Å²) in [7, 11) is 0. The summed E-state index contributed by atoms with van der Waals surface area (Å²) in [5.41, 5.74) is 13.0. The summed E-state index contributed by atoms with van der Waals surface area (Å²) in [5, 5.41) is 45.2. The normalized spacial score (nSPS) is 24.0. The molecule has 4 nitrogen and oxygen atoms in total. The summed E-state index contributed by atoms with van der Waals surface area (Å²) in [6, 6.07) is 18.4. The third-order valence-corrected chi connectivity index (χ3v) is 16.7. The SMILES string of the molecule is CCC(C)c1cc(C2(c3cc(C)c(O)c(C(C)CC)c3)CCC(CC3CCC(c4cc(C)c(O)c(C(C)CC)c4)(c4cc(C)c(O)c(C(C)CC)c4)CC3)CC2)cc(C)c1O. The molecule has 0 spiro atoms. The maximum absolute atomic E-state index is 11.3. The van der Waals surface area contributed by atoms with Crippen LogP contribution in [0.5, 0.6) is 23.0 Å². The van der Waals surface area contributed by atoms with E-state index < -0.39 is 0 Å². The van der Waals surface area contributed by atoms with Crippen LogP contribution in [0.4, 0.5) is 0 Å². The van der Waals surface area contributed by atoms with Gasteiger partial charge in [0, 0.05) is 10.8 Å². The second-order valence-corrected chi connectivity index (χ2v) is 20.4. The van der Waals surface area contributed by atoms with Crippen LogP contribution in [-0.4, -0.2) is 20.4 Å². The van der Waals surface area contributed by atoms with E-state index >= 15 is 0 Å². The van der Waals surface area contributed by atoms with Crippen LogP contribution in [0, 0.1) is 39.5 Å². The van der Waals surface area contributed by atoms with Gasteiger partial charge >= 0.3 is 0 Å². The Balaban J connectivity index is 1.33. The van der Waals surface area contributed by atoms with Gasteiger partial charge in [0.25, 0.3) is 0 Å². The Morgan fingerprint density at radius 2 is 0.623 bits per heavy atom. The van der Waals surface area contributed by atoms with Crippen LogP contribution in [0.1, 0.15) is 229 Å². The van der Waals surface area contributed by atoms with Crippen molar-refractivity contribution in [2.24, 2.45) is 11.8 Å². The highest BCUT2D eigenvalue weighted by Crippen LogP contribution is 2.54. The predicted molar refractivity (Wildman–Crippen MR) is 256 cm³/mol. The third-order valence-electron chi connectivity index (χ3n) is 16.7. The summed E-state index contributed by atoms with van der Waals surface area (Å²) in [5.74, 6) is 4.11. The molecule has 2 aliphatic carbocycles. The molecule has 0 amide bonds. The third kappa shape index (κ3) is 8.86. The molecule has 2 saturated carbocycles. The monoisotopic (exact) mass is 829 g/mol. The van der Waals surface area contributed by atoms with Crippen molar-refractivity contribution in [2.75, 3.05) is 0 Å². The zero-order valence-electron chi connectivity index (χ0n) is 40.1. The Kier molecular flexibility index (Phi) is 14.4. The highest BCUT2D eigenvalue weighted by Gasteiger charge is 2.43. The van der Waals surface area contributed by atoms with Gasteiger partial charge in [-0.05, 0) is 213 Å². The fraction of sp³-hybridized carbons (Fsp3) is 0.579. The molecule has 0 aromatic heterocycles. The van der Waals surface area contributed by atoms with Crippen molar-refractivity contribution in [3.8, 4) is 23.0 Å². The molecule has 2 aliphatic rings. The Morgan fingerprint density at radius 1 is 0.410 bits per heavy atom. The van der Waals surface area contributed by atoms with Gasteiger partial charge in [0.1, 0.15) is 23.0 Å². The average Bonchev–Trinajstić information content (AvgIpc) is 3.26. The first-order valence-electron chi connectivity index (χ1n) is 24.3. The van der Waals surface area contributed by atoms with Crippen molar-refractivity contribution >= 4 is 0 Å².